The topological polar surface area (TPSA) is 156 Å². The predicted octanol–water partition coefficient (Wildman–Crippen LogP) is 2.97. The number of anilines is 1. The third kappa shape index (κ3) is 4.53. The summed E-state index contributed by atoms with van der Waals surface area (Å²) in [7, 11) is -3.37. The molecule has 4 heterocycles. The molecule has 1 aliphatic heterocycles. The summed E-state index contributed by atoms with van der Waals surface area (Å²) in [5.74, 6) is -0.129. The number of fused-ring (bicyclic) bond motifs is 1. The van der Waals surface area contributed by atoms with Gasteiger partial charge in [-0.15, -0.1) is 5.10 Å². The molecule has 1 aliphatic rings. The standard InChI is InChI=1S/C27H22FN9O2S/c28-21-8-3-6-18(15-36-11-4-12-40(36,38)39)20(21)13-23-33-26-24(22-9-10-31-16-32-22)25(34-27(30)37(26)35-23)19-7-2-1-5-17(19)14-29/h1-3,5-10,16H,4,11-13,15H2,(H2,30,34). The van der Waals surface area contributed by atoms with Gasteiger partial charge >= 0.3 is 0 Å². The second-order valence-corrected chi connectivity index (χ2v) is 11.4. The Bertz CT molecular complexity index is 1900. The number of nitrogen functional groups attached to an aromatic ring is 1. The van der Waals surface area contributed by atoms with Crippen LogP contribution < -0.4 is 5.73 Å². The first kappa shape index (κ1) is 25.5. The first-order valence-corrected chi connectivity index (χ1v) is 14.0. The molecule has 11 nitrogen and oxygen atoms in total. The smallest absolute Gasteiger partial charge is 0.223 e. The van der Waals surface area contributed by atoms with Crippen molar-refractivity contribution < 1.29 is 12.8 Å². The highest BCUT2D eigenvalue weighted by atomic mass is 32.2. The number of hydrogen-bond acceptors (Lipinski definition) is 9. The van der Waals surface area contributed by atoms with Crippen LogP contribution in [0.15, 0.2) is 61.1 Å². The predicted molar refractivity (Wildman–Crippen MR) is 144 cm³/mol. The quantitative estimate of drug-likeness (QED) is 0.333. The highest BCUT2D eigenvalue weighted by molar-refractivity contribution is 7.89. The van der Waals surface area contributed by atoms with Crippen LogP contribution in [-0.2, 0) is 23.0 Å². The first-order valence-electron chi connectivity index (χ1n) is 12.4. The Morgan fingerprint density at radius 3 is 2.70 bits per heavy atom. The fourth-order valence-corrected chi connectivity index (χ4v) is 6.39. The molecule has 0 unspecified atom stereocenters. The van der Waals surface area contributed by atoms with Crippen LogP contribution in [0.2, 0.25) is 0 Å². The molecule has 5 aromatic rings. The minimum atomic E-state index is -3.37. The normalized spacial score (nSPS) is 14.9. The number of nitrogens with zero attached hydrogens (tertiary/aromatic N) is 8. The molecule has 1 fully saturated rings. The third-order valence-electron chi connectivity index (χ3n) is 6.80. The Hall–Kier alpha value is -4.80. The van der Waals surface area contributed by atoms with Crippen molar-refractivity contribution in [2.24, 2.45) is 0 Å². The van der Waals surface area contributed by atoms with Gasteiger partial charge in [-0.05, 0) is 35.7 Å². The third-order valence-corrected chi connectivity index (χ3v) is 8.70. The molecular weight excluding hydrogens is 533 g/mol. The van der Waals surface area contributed by atoms with Gasteiger partial charge in [0, 0.05) is 31.3 Å². The summed E-state index contributed by atoms with van der Waals surface area (Å²) in [4.78, 5) is 17.7. The van der Waals surface area contributed by atoms with E-state index in [4.69, 9.17) is 10.7 Å². The Kier molecular flexibility index (Phi) is 6.41. The van der Waals surface area contributed by atoms with Gasteiger partial charge in [0.15, 0.2) is 11.5 Å². The van der Waals surface area contributed by atoms with Gasteiger partial charge in [0.1, 0.15) is 12.1 Å². The maximum absolute atomic E-state index is 15.1. The van der Waals surface area contributed by atoms with Gasteiger partial charge in [-0.1, -0.05) is 30.3 Å². The molecular formula is C27H22FN9O2S. The van der Waals surface area contributed by atoms with Gasteiger partial charge in [0.25, 0.3) is 0 Å². The Morgan fingerprint density at radius 1 is 1.10 bits per heavy atom. The summed E-state index contributed by atoms with van der Waals surface area (Å²) in [6.45, 7) is 0.454. The van der Waals surface area contributed by atoms with Crippen LogP contribution in [-0.4, -0.2) is 54.6 Å². The highest BCUT2D eigenvalue weighted by Crippen LogP contribution is 2.35. The molecule has 1 saturated heterocycles. The Morgan fingerprint density at radius 2 is 1.95 bits per heavy atom. The van der Waals surface area contributed by atoms with Crippen molar-refractivity contribution in [1.82, 2.24) is 33.9 Å². The summed E-state index contributed by atoms with van der Waals surface area (Å²) in [5.41, 5.74) is 9.78. The number of rotatable bonds is 6. The number of aromatic nitrogens is 6. The summed E-state index contributed by atoms with van der Waals surface area (Å²) in [5, 5.41) is 14.3. The number of benzene rings is 2. The van der Waals surface area contributed by atoms with E-state index in [1.165, 1.54) is 21.2 Å². The van der Waals surface area contributed by atoms with Gasteiger partial charge in [0.2, 0.25) is 16.0 Å². The van der Waals surface area contributed by atoms with Crippen LogP contribution in [0.1, 0.15) is 28.9 Å². The van der Waals surface area contributed by atoms with Crippen LogP contribution in [0.3, 0.4) is 0 Å². The zero-order chi connectivity index (χ0) is 27.9. The number of halogens is 1. The van der Waals surface area contributed by atoms with E-state index < -0.39 is 15.8 Å². The zero-order valence-electron chi connectivity index (χ0n) is 21.1. The fraction of sp³-hybridized carbons (Fsp3) is 0.185. The van der Waals surface area contributed by atoms with E-state index in [0.29, 0.717) is 57.8 Å². The molecule has 40 heavy (non-hydrogen) atoms. The summed E-state index contributed by atoms with van der Waals surface area (Å²) in [6, 6.07) is 15.4. The van der Waals surface area contributed by atoms with Crippen LogP contribution in [0.25, 0.3) is 28.2 Å². The molecule has 0 amide bonds. The van der Waals surface area contributed by atoms with Crippen molar-refractivity contribution in [1.29, 1.82) is 5.26 Å². The van der Waals surface area contributed by atoms with Crippen molar-refractivity contribution in [3.8, 4) is 28.6 Å². The van der Waals surface area contributed by atoms with Crippen molar-refractivity contribution in [2.45, 2.75) is 19.4 Å². The maximum Gasteiger partial charge on any atom is 0.223 e. The van der Waals surface area contributed by atoms with E-state index in [-0.39, 0.29) is 30.5 Å². The fourth-order valence-electron chi connectivity index (χ4n) is 4.90. The molecule has 2 N–H and O–H groups in total. The van der Waals surface area contributed by atoms with Crippen LogP contribution in [0.4, 0.5) is 10.3 Å². The Balaban J connectivity index is 1.50. The van der Waals surface area contributed by atoms with Gasteiger partial charge < -0.3 is 5.73 Å². The lowest BCUT2D eigenvalue weighted by molar-refractivity contribution is 0.436. The van der Waals surface area contributed by atoms with E-state index in [2.05, 4.69) is 26.1 Å². The van der Waals surface area contributed by atoms with E-state index in [1.54, 1.807) is 48.7 Å². The van der Waals surface area contributed by atoms with Gasteiger partial charge in [-0.25, -0.2) is 32.7 Å². The number of nitrogens with two attached hydrogens (primary N) is 1. The Labute approximate surface area is 228 Å². The molecule has 0 aliphatic carbocycles. The first-order chi connectivity index (χ1) is 19.4. The lowest BCUT2D eigenvalue weighted by atomic mass is 9.99. The lowest BCUT2D eigenvalue weighted by Crippen LogP contribution is -2.26. The second-order valence-electron chi connectivity index (χ2n) is 9.27. The summed E-state index contributed by atoms with van der Waals surface area (Å²) >= 11 is 0. The molecule has 0 atom stereocenters. The number of nitriles is 1. The molecule has 13 heteroatoms. The lowest BCUT2D eigenvalue weighted by Gasteiger charge is -2.17. The number of hydrogen-bond donors (Lipinski definition) is 1. The monoisotopic (exact) mass is 555 g/mol. The minimum Gasteiger partial charge on any atom is -0.368 e. The average Bonchev–Trinajstić information content (AvgIpc) is 3.53. The minimum absolute atomic E-state index is 0.00958. The van der Waals surface area contributed by atoms with E-state index in [1.807, 2.05) is 0 Å². The summed E-state index contributed by atoms with van der Waals surface area (Å²) in [6.07, 6.45) is 3.49. The van der Waals surface area contributed by atoms with Gasteiger partial charge in [-0.3, -0.25) is 0 Å². The van der Waals surface area contributed by atoms with Crippen LogP contribution in [0, 0.1) is 17.1 Å². The van der Waals surface area contributed by atoms with Crippen LogP contribution >= 0.6 is 0 Å². The van der Waals surface area contributed by atoms with Crippen molar-refractivity contribution in [2.75, 3.05) is 18.0 Å². The molecule has 2 aromatic carbocycles. The van der Waals surface area contributed by atoms with E-state index in [9.17, 15) is 13.7 Å². The molecule has 0 saturated carbocycles. The van der Waals surface area contributed by atoms with Gasteiger partial charge in [0.05, 0.1) is 34.3 Å². The zero-order valence-corrected chi connectivity index (χ0v) is 21.9. The largest absolute Gasteiger partial charge is 0.368 e. The average molecular weight is 556 g/mol. The summed E-state index contributed by atoms with van der Waals surface area (Å²) < 4.78 is 42.7. The highest BCUT2D eigenvalue weighted by Gasteiger charge is 2.29. The maximum atomic E-state index is 15.1. The van der Waals surface area contributed by atoms with Crippen molar-refractivity contribution >= 4 is 21.6 Å². The molecule has 0 radical (unpaired) electrons. The molecule has 3 aromatic heterocycles. The molecule has 0 spiro atoms. The van der Waals surface area contributed by atoms with E-state index in [0.717, 1.165) is 0 Å². The van der Waals surface area contributed by atoms with Crippen LogP contribution in [0.5, 0.6) is 0 Å². The second kappa shape index (κ2) is 10.1. The molecule has 0 bridgehead atoms. The molecule has 6 rings (SSSR count). The number of sulfonamides is 1. The molecule has 200 valence electrons. The SMILES string of the molecule is N#Cc1ccccc1-c1nc(N)n2nc(Cc3c(F)cccc3CN3CCCS3(=O)=O)nc2c1-c1ccncn1. The van der Waals surface area contributed by atoms with Gasteiger partial charge in [-0.2, -0.15) is 14.1 Å². The van der Waals surface area contributed by atoms with E-state index >= 15 is 4.39 Å². The van der Waals surface area contributed by atoms with Crippen molar-refractivity contribution in [3.05, 3.63) is 89.4 Å². The van der Waals surface area contributed by atoms with Crippen molar-refractivity contribution in [3.63, 3.8) is 0 Å².